The highest BCUT2D eigenvalue weighted by Crippen LogP contribution is 2.45. The van der Waals surface area contributed by atoms with Gasteiger partial charge in [0.25, 0.3) is 5.69 Å². The van der Waals surface area contributed by atoms with Gasteiger partial charge in [0.15, 0.2) is 5.17 Å². The van der Waals surface area contributed by atoms with Crippen molar-refractivity contribution in [3.63, 3.8) is 0 Å². The van der Waals surface area contributed by atoms with Crippen molar-refractivity contribution in [1.82, 2.24) is 4.90 Å². The number of thioether (sulfide) groups is 1. The van der Waals surface area contributed by atoms with Gasteiger partial charge in [0.1, 0.15) is 0 Å². The van der Waals surface area contributed by atoms with Crippen LogP contribution in [0.3, 0.4) is 0 Å². The minimum Gasteiger partial charge on any atom is -0.345 e. The zero-order valence-corrected chi connectivity index (χ0v) is 16.2. The van der Waals surface area contributed by atoms with E-state index < -0.39 is 0 Å². The number of nitro groups is 1. The van der Waals surface area contributed by atoms with Crippen molar-refractivity contribution >= 4 is 28.3 Å². The summed E-state index contributed by atoms with van der Waals surface area (Å²) in [7, 11) is 0. The van der Waals surface area contributed by atoms with E-state index >= 15 is 0 Å². The number of benzene rings is 1. The Balaban J connectivity index is 1.94. The lowest BCUT2D eigenvalue weighted by atomic mass is 9.98. The molecule has 25 heavy (non-hydrogen) atoms. The fourth-order valence-electron chi connectivity index (χ4n) is 3.96. The molecule has 2 aliphatic rings. The average Bonchev–Trinajstić information content (AvgIpc) is 3.18. The number of aliphatic imine (C=N–C) groups is 1. The van der Waals surface area contributed by atoms with Crippen LogP contribution < -0.4 is 0 Å². The van der Waals surface area contributed by atoms with Gasteiger partial charge < -0.3 is 4.90 Å². The van der Waals surface area contributed by atoms with Crippen LogP contribution in [-0.2, 0) is 0 Å². The monoisotopic (exact) mass is 361 g/mol. The molecule has 0 amide bonds. The van der Waals surface area contributed by atoms with Crippen molar-refractivity contribution in [2.75, 3.05) is 12.3 Å². The highest BCUT2D eigenvalue weighted by molar-refractivity contribution is 8.14. The molecular formula is C19H27N3O2S. The molecule has 1 aromatic rings. The van der Waals surface area contributed by atoms with Crippen LogP contribution in [0.5, 0.6) is 0 Å². The Morgan fingerprint density at radius 3 is 2.64 bits per heavy atom. The van der Waals surface area contributed by atoms with Gasteiger partial charge in [-0.1, -0.05) is 37.9 Å². The van der Waals surface area contributed by atoms with E-state index in [2.05, 4.69) is 11.8 Å². The molecule has 1 saturated carbocycles. The van der Waals surface area contributed by atoms with Crippen molar-refractivity contribution in [3.05, 3.63) is 33.4 Å². The van der Waals surface area contributed by atoms with Crippen LogP contribution in [0.1, 0.15) is 56.6 Å². The molecule has 1 saturated heterocycles. The third-order valence-electron chi connectivity index (χ3n) is 5.69. The van der Waals surface area contributed by atoms with Gasteiger partial charge in [-0.05, 0) is 44.7 Å². The van der Waals surface area contributed by atoms with Gasteiger partial charge in [-0.3, -0.25) is 10.1 Å². The standard InChI is InChI=1S/C19H27N3O2S/c1-4-5-12-21-18(25-13-19(21)10-6-7-11-19)20-16-8-9-17(22(23)24)15(3)14(16)2/h8-9H,4-7,10-13H2,1-3H3. The molecule has 0 radical (unpaired) electrons. The topological polar surface area (TPSA) is 58.7 Å². The third kappa shape index (κ3) is 3.41. The lowest BCUT2D eigenvalue weighted by molar-refractivity contribution is -0.385. The second-order valence-electron chi connectivity index (χ2n) is 7.23. The number of unbranched alkanes of at least 4 members (excludes halogenated alkanes) is 1. The van der Waals surface area contributed by atoms with E-state index in [0.29, 0.717) is 11.1 Å². The minimum absolute atomic E-state index is 0.177. The normalized spacial score (nSPS) is 20.8. The lowest BCUT2D eigenvalue weighted by Gasteiger charge is -2.35. The highest BCUT2D eigenvalue weighted by Gasteiger charge is 2.46. The smallest absolute Gasteiger partial charge is 0.272 e. The molecule has 136 valence electrons. The summed E-state index contributed by atoms with van der Waals surface area (Å²) in [6, 6.07) is 3.38. The molecule has 2 fully saturated rings. The van der Waals surface area contributed by atoms with Crippen LogP contribution in [-0.4, -0.2) is 32.8 Å². The zero-order valence-electron chi connectivity index (χ0n) is 15.4. The van der Waals surface area contributed by atoms with Gasteiger partial charge >= 0.3 is 0 Å². The van der Waals surface area contributed by atoms with Crippen LogP contribution in [0.2, 0.25) is 0 Å². The van der Waals surface area contributed by atoms with Crippen molar-refractivity contribution in [3.8, 4) is 0 Å². The van der Waals surface area contributed by atoms with Crippen molar-refractivity contribution in [2.24, 2.45) is 4.99 Å². The van der Waals surface area contributed by atoms with Crippen LogP contribution in [0.4, 0.5) is 11.4 Å². The Hall–Kier alpha value is -1.56. The fourth-order valence-corrected chi connectivity index (χ4v) is 5.41. The number of hydrogen-bond donors (Lipinski definition) is 0. The number of hydrogen-bond acceptors (Lipinski definition) is 4. The summed E-state index contributed by atoms with van der Waals surface area (Å²) in [4.78, 5) is 18.3. The Bertz CT molecular complexity index is 696. The summed E-state index contributed by atoms with van der Waals surface area (Å²) >= 11 is 1.86. The van der Waals surface area contributed by atoms with Crippen LogP contribution >= 0.6 is 11.8 Å². The van der Waals surface area contributed by atoms with Gasteiger partial charge in [-0.2, -0.15) is 0 Å². The Morgan fingerprint density at radius 1 is 1.28 bits per heavy atom. The molecule has 1 spiro atoms. The van der Waals surface area contributed by atoms with E-state index in [9.17, 15) is 10.1 Å². The van der Waals surface area contributed by atoms with Crippen LogP contribution in [0.15, 0.2) is 17.1 Å². The predicted molar refractivity (Wildman–Crippen MR) is 105 cm³/mol. The molecule has 0 aromatic heterocycles. The molecule has 5 nitrogen and oxygen atoms in total. The third-order valence-corrected chi connectivity index (χ3v) is 6.94. The average molecular weight is 362 g/mol. The molecule has 1 aromatic carbocycles. The summed E-state index contributed by atoms with van der Waals surface area (Å²) in [5.41, 5.74) is 2.95. The number of nitrogens with zero attached hydrogens (tertiary/aromatic N) is 3. The Morgan fingerprint density at radius 2 is 2.00 bits per heavy atom. The summed E-state index contributed by atoms with van der Waals surface area (Å²) in [5.74, 6) is 1.13. The molecule has 0 atom stereocenters. The van der Waals surface area contributed by atoms with Crippen molar-refractivity contribution in [1.29, 1.82) is 0 Å². The summed E-state index contributed by atoms with van der Waals surface area (Å²) in [5, 5.41) is 12.2. The van der Waals surface area contributed by atoms with Gasteiger partial charge in [0.05, 0.1) is 16.1 Å². The Labute approximate surface area is 154 Å². The number of amidine groups is 1. The molecule has 6 heteroatoms. The summed E-state index contributed by atoms with van der Waals surface area (Å²) in [6.07, 6.45) is 7.51. The first-order valence-electron chi connectivity index (χ1n) is 9.22. The fraction of sp³-hybridized carbons (Fsp3) is 0.632. The van der Waals surface area contributed by atoms with Gasteiger partial charge in [0.2, 0.25) is 0 Å². The number of nitro benzene ring substituents is 1. The maximum absolute atomic E-state index is 11.1. The Kier molecular flexibility index (Phi) is 5.37. The first-order chi connectivity index (χ1) is 12.0. The van der Waals surface area contributed by atoms with E-state index in [1.807, 2.05) is 25.6 Å². The first kappa shape index (κ1) is 18.2. The minimum atomic E-state index is -0.315. The molecule has 0 N–H and O–H groups in total. The summed E-state index contributed by atoms with van der Waals surface area (Å²) < 4.78 is 0. The molecule has 0 bridgehead atoms. The van der Waals surface area contributed by atoms with E-state index in [4.69, 9.17) is 4.99 Å². The molecule has 0 unspecified atom stereocenters. The lowest BCUT2D eigenvalue weighted by Crippen LogP contribution is -2.45. The molecule has 1 heterocycles. The quantitative estimate of drug-likeness (QED) is 0.523. The zero-order chi connectivity index (χ0) is 18.0. The first-order valence-corrected chi connectivity index (χ1v) is 10.2. The van der Waals surface area contributed by atoms with Crippen molar-refractivity contribution < 1.29 is 4.92 Å². The van der Waals surface area contributed by atoms with E-state index in [-0.39, 0.29) is 10.6 Å². The molecular weight excluding hydrogens is 334 g/mol. The van der Waals surface area contributed by atoms with Gasteiger partial charge in [0, 0.05) is 23.9 Å². The second-order valence-corrected chi connectivity index (χ2v) is 8.17. The SMILES string of the molecule is CCCCN1C(=Nc2ccc([N+](=O)[O-])c(C)c2C)SCC12CCCC2. The maximum atomic E-state index is 11.1. The van der Waals surface area contributed by atoms with Gasteiger partial charge in [-0.15, -0.1) is 0 Å². The molecule has 1 aliphatic carbocycles. The number of rotatable bonds is 5. The van der Waals surface area contributed by atoms with Gasteiger partial charge in [-0.25, -0.2) is 4.99 Å². The second kappa shape index (κ2) is 7.36. The van der Waals surface area contributed by atoms with Crippen molar-refractivity contribution in [2.45, 2.75) is 64.8 Å². The molecule has 1 aliphatic heterocycles. The van der Waals surface area contributed by atoms with Crippen LogP contribution in [0, 0.1) is 24.0 Å². The highest BCUT2D eigenvalue weighted by atomic mass is 32.2. The van der Waals surface area contributed by atoms with Crippen LogP contribution in [0.25, 0.3) is 0 Å². The van der Waals surface area contributed by atoms with E-state index in [1.54, 1.807) is 12.1 Å². The largest absolute Gasteiger partial charge is 0.345 e. The maximum Gasteiger partial charge on any atom is 0.272 e. The predicted octanol–water partition coefficient (Wildman–Crippen LogP) is 5.36. The molecule has 3 rings (SSSR count). The summed E-state index contributed by atoms with van der Waals surface area (Å²) in [6.45, 7) is 7.04. The van der Waals surface area contributed by atoms with E-state index in [0.717, 1.165) is 28.7 Å². The van der Waals surface area contributed by atoms with E-state index in [1.165, 1.54) is 38.5 Å².